The summed E-state index contributed by atoms with van der Waals surface area (Å²) in [7, 11) is -3.29. The van der Waals surface area contributed by atoms with Crippen LogP contribution < -0.4 is 10.1 Å². The van der Waals surface area contributed by atoms with Crippen LogP contribution in [0.15, 0.2) is 53.4 Å². The van der Waals surface area contributed by atoms with Crippen molar-refractivity contribution < 1.29 is 27.9 Å². The van der Waals surface area contributed by atoms with Gasteiger partial charge >= 0.3 is 5.97 Å². The molecule has 27 heavy (non-hydrogen) atoms. The fourth-order valence-corrected chi connectivity index (χ4v) is 2.89. The number of hydrogen-bond donors (Lipinski definition) is 2. The molecule has 0 aliphatic heterocycles. The maximum atomic E-state index is 12.1. The van der Waals surface area contributed by atoms with Gasteiger partial charge in [-0.15, -0.1) is 0 Å². The standard InChI is InChI=1S/C19H21NO6S/c1-27(24,25)17-10-6-15(7-11-17)19(23)20-13-14-4-8-16(9-5-14)26-12-2-3-18(21)22/h4-11H,2-3,12-13H2,1H3,(H,20,23)(H,21,22). The number of nitrogens with one attached hydrogen (secondary N) is 1. The lowest BCUT2D eigenvalue weighted by molar-refractivity contribution is -0.137. The molecule has 0 unspecified atom stereocenters. The summed E-state index contributed by atoms with van der Waals surface area (Å²) < 4.78 is 28.3. The third-order valence-electron chi connectivity index (χ3n) is 3.72. The summed E-state index contributed by atoms with van der Waals surface area (Å²) in [5.74, 6) is -0.522. The Morgan fingerprint density at radius 1 is 1.04 bits per heavy atom. The number of aliphatic carboxylic acids is 1. The molecule has 2 aromatic rings. The van der Waals surface area contributed by atoms with Crippen molar-refractivity contribution in [3.8, 4) is 5.75 Å². The van der Waals surface area contributed by atoms with E-state index in [4.69, 9.17) is 9.84 Å². The second-order valence-electron chi connectivity index (χ2n) is 5.97. The van der Waals surface area contributed by atoms with Gasteiger partial charge in [-0.25, -0.2) is 8.42 Å². The van der Waals surface area contributed by atoms with E-state index in [0.717, 1.165) is 11.8 Å². The number of rotatable bonds is 9. The minimum atomic E-state index is -3.29. The van der Waals surface area contributed by atoms with E-state index in [1.54, 1.807) is 24.3 Å². The van der Waals surface area contributed by atoms with E-state index in [2.05, 4.69) is 5.32 Å². The van der Waals surface area contributed by atoms with Gasteiger partial charge in [-0.05, 0) is 48.4 Å². The molecule has 2 aromatic carbocycles. The van der Waals surface area contributed by atoms with E-state index in [1.807, 2.05) is 0 Å². The molecule has 0 fully saturated rings. The molecule has 2 rings (SSSR count). The highest BCUT2D eigenvalue weighted by atomic mass is 32.2. The van der Waals surface area contributed by atoms with Gasteiger partial charge in [0.2, 0.25) is 0 Å². The van der Waals surface area contributed by atoms with Crippen LogP contribution in [0.3, 0.4) is 0 Å². The van der Waals surface area contributed by atoms with Gasteiger partial charge in [0.25, 0.3) is 5.91 Å². The van der Waals surface area contributed by atoms with Crippen molar-refractivity contribution in [2.45, 2.75) is 24.3 Å². The van der Waals surface area contributed by atoms with Crippen LogP contribution >= 0.6 is 0 Å². The highest BCUT2D eigenvalue weighted by Crippen LogP contribution is 2.13. The van der Waals surface area contributed by atoms with Gasteiger partial charge in [0.15, 0.2) is 9.84 Å². The first-order valence-corrected chi connectivity index (χ1v) is 10.2. The quantitative estimate of drug-likeness (QED) is 0.635. The predicted molar refractivity (Wildman–Crippen MR) is 99.5 cm³/mol. The second kappa shape index (κ2) is 9.18. The molecule has 0 saturated carbocycles. The molecule has 2 N–H and O–H groups in total. The molecular formula is C19H21NO6S. The van der Waals surface area contributed by atoms with Gasteiger partial charge in [0.05, 0.1) is 11.5 Å². The zero-order chi connectivity index (χ0) is 19.9. The Balaban J connectivity index is 1.83. The van der Waals surface area contributed by atoms with E-state index >= 15 is 0 Å². The number of sulfone groups is 1. The largest absolute Gasteiger partial charge is 0.494 e. The summed E-state index contributed by atoms with van der Waals surface area (Å²) in [6.07, 6.45) is 1.61. The Morgan fingerprint density at radius 2 is 1.67 bits per heavy atom. The van der Waals surface area contributed by atoms with Crippen LogP contribution in [-0.4, -0.2) is 38.3 Å². The van der Waals surface area contributed by atoms with Crippen LogP contribution in [0, 0.1) is 0 Å². The van der Waals surface area contributed by atoms with Crippen LogP contribution in [0.5, 0.6) is 5.75 Å². The summed E-state index contributed by atoms with van der Waals surface area (Å²) in [4.78, 5) is 22.7. The van der Waals surface area contributed by atoms with Gasteiger partial charge in [0, 0.05) is 24.8 Å². The Kier molecular flexibility index (Phi) is 6.95. The van der Waals surface area contributed by atoms with Gasteiger partial charge in [0.1, 0.15) is 5.75 Å². The smallest absolute Gasteiger partial charge is 0.303 e. The van der Waals surface area contributed by atoms with Crippen LogP contribution in [-0.2, 0) is 21.2 Å². The molecule has 144 valence electrons. The predicted octanol–water partition coefficient (Wildman–Crippen LogP) is 2.26. The maximum absolute atomic E-state index is 12.1. The highest BCUT2D eigenvalue weighted by Gasteiger charge is 2.09. The van der Waals surface area contributed by atoms with Crippen molar-refractivity contribution in [1.82, 2.24) is 5.32 Å². The number of carbonyl (C=O) groups is 2. The SMILES string of the molecule is CS(=O)(=O)c1ccc(C(=O)NCc2ccc(OCCCC(=O)O)cc2)cc1. The van der Waals surface area contributed by atoms with Crippen molar-refractivity contribution in [1.29, 1.82) is 0 Å². The zero-order valence-corrected chi connectivity index (χ0v) is 15.7. The lowest BCUT2D eigenvalue weighted by Gasteiger charge is -2.08. The van der Waals surface area contributed by atoms with E-state index in [-0.39, 0.29) is 17.2 Å². The first-order valence-electron chi connectivity index (χ1n) is 8.27. The fraction of sp³-hybridized carbons (Fsp3) is 0.263. The molecule has 0 bridgehead atoms. The molecule has 0 aliphatic rings. The Bertz CT molecular complexity index is 889. The Labute approximate surface area is 157 Å². The lowest BCUT2D eigenvalue weighted by atomic mass is 10.2. The van der Waals surface area contributed by atoms with E-state index in [1.165, 1.54) is 24.3 Å². The summed E-state index contributed by atoms with van der Waals surface area (Å²) in [5.41, 5.74) is 1.25. The molecule has 0 aliphatic carbocycles. The van der Waals surface area contributed by atoms with Gasteiger partial charge in [-0.3, -0.25) is 9.59 Å². The topological polar surface area (TPSA) is 110 Å². The average molecular weight is 391 g/mol. The first kappa shape index (κ1) is 20.4. The summed E-state index contributed by atoms with van der Waals surface area (Å²) in [6.45, 7) is 0.637. The minimum absolute atomic E-state index is 0.0648. The van der Waals surface area contributed by atoms with Gasteiger partial charge < -0.3 is 15.2 Å². The van der Waals surface area contributed by atoms with Crippen molar-refractivity contribution >= 4 is 21.7 Å². The number of carbonyl (C=O) groups excluding carboxylic acids is 1. The van der Waals surface area contributed by atoms with Crippen molar-refractivity contribution in [2.75, 3.05) is 12.9 Å². The average Bonchev–Trinajstić information content (AvgIpc) is 2.63. The monoisotopic (exact) mass is 391 g/mol. The van der Waals surface area contributed by atoms with Crippen LogP contribution in [0.2, 0.25) is 0 Å². The minimum Gasteiger partial charge on any atom is -0.494 e. The van der Waals surface area contributed by atoms with Crippen molar-refractivity contribution in [3.05, 3.63) is 59.7 Å². The number of carboxylic acids is 1. The first-order chi connectivity index (χ1) is 12.8. The molecule has 7 nitrogen and oxygen atoms in total. The number of benzene rings is 2. The van der Waals surface area contributed by atoms with E-state index in [9.17, 15) is 18.0 Å². The summed E-state index contributed by atoms with van der Waals surface area (Å²) >= 11 is 0. The third-order valence-corrected chi connectivity index (χ3v) is 4.85. The van der Waals surface area contributed by atoms with E-state index in [0.29, 0.717) is 30.9 Å². The highest BCUT2D eigenvalue weighted by molar-refractivity contribution is 7.90. The number of carboxylic acid groups (broad SMARTS) is 1. The molecule has 0 saturated heterocycles. The molecular weight excluding hydrogens is 370 g/mol. The van der Waals surface area contributed by atoms with Crippen LogP contribution in [0.1, 0.15) is 28.8 Å². The number of amides is 1. The molecule has 1 amide bonds. The van der Waals surface area contributed by atoms with Crippen LogP contribution in [0.4, 0.5) is 0 Å². The summed E-state index contributed by atoms with van der Waals surface area (Å²) in [5, 5.41) is 11.3. The summed E-state index contributed by atoms with van der Waals surface area (Å²) in [6, 6.07) is 12.9. The molecule has 0 heterocycles. The van der Waals surface area contributed by atoms with Crippen LogP contribution in [0.25, 0.3) is 0 Å². The molecule has 8 heteroatoms. The number of hydrogen-bond acceptors (Lipinski definition) is 5. The molecule has 0 atom stereocenters. The lowest BCUT2D eigenvalue weighted by Crippen LogP contribution is -2.22. The van der Waals surface area contributed by atoms with E-state index < -0.39 is 15.8 Å². The van der Waals surface area contributed by atoms with Gasteiger partial charge in [-0.2, -0.15) is 0 Å². The molecule has 0 radical (unpaired) electrons. The van der Waals surface area contributed by atoms with Gasteiger partial charge in [-0.1, -0.05) is 12.1 Å². The third kappa shape index (κ3) is 6.74. The normalized spacial score (nSPS) is 11.0. The number of ether oxygens (including phenoxy) is 1. The Hall–Kier alpha value is -2.87. The molecule has 0 spiro atoms. The second-order valence-corrected chi connectivity index (χ2v) is 7.98. The fourth-order valence-electron chi connectivity index (χ4n) is 2.25. The molecule has 0 aromatic heterocycles. The van der Waals surface area contributed by atoms with Crippen molar-refractivity contribution in [2.24, 2.45) is 0 Å². The zero-order valence-electron chi connectivity index (χ0n) is 14.8. The van der Waals surface area contributed by atoms with Crippen molar-refractivity contribution in [3.63, 3.8) is 0 Å². The Morgan fingerprint density at radius 3 is 2.22 bits per heavy atom. The maximum Gasteiger partial charge on any atom is 0.303 e.